The van der Waals surface area contributed by atoms with Crippen molar-refractivity contribution in [2.75, 3.05) is 25.2 Å². The lowest BCUT2D eigenvalue weighted by Gasteiger charge is -2.22. The van der Waals surface area contributed by atoms with E-state index < -0.39 is 18.0 Å². The molecule has 1 heterocycles. The number of benzene rings is 1. The van der Waals surface area contributed by atoms with Crippen LogP contribution >= 0.6 is 0 Å². The number of para-hydroxylation sites is 1. The average Bonchev–Trinajstić information content (AvgIpc) is 2.78. The molecule has 1 aliphatic rings. The summed E-state index contributed by atoms with van der Waals surface area (Å²) in [5, 5.41) is 11.9. The molecule has 1 aromatic rings. The fourth-order valence-electron chi connectivity index (χ4n) is 2.18. The molecule has 0 aliphatic carbocycles. The summed E-state index contributed by atoms with van der Waals surface area (Å²) in [5.74, 6) is -1.00. The van der Waals surface area contributed by atoms with Crippen LogP contribution < -0.4 is 10.2 Å². The Morgan fingerprint density at radius 1 is 1.47 bits per heavy atom. The van der Waals surface area contributed by atoms with Crippen molar-refractivity contribution in [2.24, 2.45) is 0 Å². The van der Waals surface area contributed by atoms with Crippen molar-refractivity contribution in [2.45, 2.75) is 12.5 Å². The summed E-state index contributed by atoms with van der Waals surface area (Å²) in [7, 11) is 1.54. The van der Waals surface area contributed by atoms with Gasteiger partial charge in [0.15, 0.2) is 0 Å². The number of rotatable bonds is 4. The first-order chi connectivity index (χ1) is 9.15. The molecule has 0 saturated carbocycles. The summed E-state index contributed by atoms with van der Waals surface area (Å²) in [6.45, 7) is 0.735. The molecule has 1 aliphatic heterocycles. The van der Waals surface area contributed by atoms with Gasteiger partial charge in [-0.25, -0.2) is 9.59 Å². The largest absolute Gasteiger partial charge is 0.480 e. The van der Waals surface area contributed by atoms with Gasteiger partial charge < -0.3 is 15.2 Å². The van der Waals surface area contributed by atoms with E-state index in [4.69, 9.17) is 4.74 Å². The summed E-state index contributed by atoms with van der Waals surface area (Å²) < 4.78 is 4.85. The third kappa shape index (κ3) is 2.68. The SMILES string of the molecule is COCCNC(=O)N1c2ccccc2C[C@H]1C(=O)O. The van der Waals surface area contributed by atoms with Crippen LogP contribution in [-0.4, -0.2) is 43.4 Å². The van der Waals surface area contributed by atoms with Gasteiger partial charge in [0.25, 0.3) is 0 Å². The zero-order chi connectivity index (χ0) is 13.8. The number of hydrogen-bond donors (Lipinski definition) is 2. The van der Waals surface area contributed by atoms with E-state index in [1.165, 1.54) is 12.0 Å². The Labute approximate surface area is 111 Å². The maximum Gasteiger partial charge on any atom is 0.327 e. The van der Waals surface area contributed by atoms with Crippen molar-refractivity contribution in [1.29, 1.82) is 0 Å². The minimum atomic E-state index is -1.00. The van der Waals surface area contributed by atoms with Crippen molar-refractivity contribution in [3.63, 3.8) is 0 Å². The molecule has 2 rings (SSSR count). The highest BCUT2D eigenvalue weighted by molar-refractivity contribution is 6.01. The highest BCUT2D eigenvalue weighted by Gasteiger charge is 2.38. The van der Waals surface area contributed by atoms with E-state index in [0.717, 1.165) is 5.56 Å². The Hall–Kier alpha value is -2.08. The molecule has 1 aromatic carbocycles. The third-order valence-corrected chi connectivity index (χ3v) is 3.06. The predicted molar refractivity (Wildman–Crippen MR) is 69.3 cm³/mol. The van der Waals surface area contributed by atoms with Gasteiger partial charge in [0.05, 0.1) is 6.61 Å². The number of aliphatic carboxylic acids is 1. The highest BCUT2D eigenvalue weighted by atomic mass is 16.5. The van der Waals surface area contributed by atoms with Crippen molar-refractivity contribution < 1.29 is 19.4 Å². The van der Waals surface area contributed by atoms with Crippen molar-refractivity contribution in [3.05, 3.63) is 29.8 Å². The van der Waals surface area contributed by atoms with Gasteiger partial charge in [-0.15, -0.1) is 0 Å². The molecule has 0 saturated heterocycles. The quantitative estimate of drug-likeness (QED) is 0.790. The maximum absolute atomic E-state index is 12.1. The van der Waals surface area contributed by atoms with Gasteiger partial charge in [-0.1, -0.05) is 18.2 Å². The Morgan fingerprint density at radius 2 is 2.21 bits per heavy atom. The number of nitrogens with zero attached hydrogens (tertiary/aromatic N) is 1. The topological polar surface area (TPSA) is 78.9 Å². The molecular formula is C13H16N2O4. The van der Waals surface area contributed by atoms with Crippen LogP contribution in [0.2, 0.25) is 0 Å². The van der Waals surface area contributed by atoms with Crippen LogP contribution in [-0.2, 0) is 16.0 Å². The van der Waals surface area contributed by atoms with Gasteiger partial charge in [-0.3, -0.25) is 4.90 Å². The molecule has 6 heteroatoms. The zero-order valence-electron chi connectivity index (χ0n) is 10.6. The van der Waals surface area contributed by atoms with Gasteiger partial charge in [-0.2, -0.15) is 0 Å². The number of fused-ring (bicyclic) bond motifs is 1. The smallest absolute Gasteiger partial charge is 0.327 e. The molecule has 1 atom stereocenters. The van der Waals surface area contributed by atoms with Gasteiger partial charge in [-0.05, 0) is 11.6 Å². The molecule has 2 amide bonds. The fourth-order valence-corrected chi connectivity index (χ4v) is 2.18. The molecule has 6 nitrogen and oxygen atoms in total. The van der Waals surface area contributed by atoms with E-state index in [-0.39, 0.29) is 0 Å². The van der Waals surface area contributed by atoms with E-state index in [1.807, 2.05) is 12.1 Å². The Bertz CT molecular complexity index is 489. The normalized spacial score (nSPS) is 17.1. The van der Waals surface area contributed by atoms with Gasteiger partial charge >= 0.3 is 12.0 Å². The van der Waals surface area contributed by atoms with E-state index >= 15 is 0 Å². The lowest BCUT2D eigenvalue weighted by Crippen LogP contribution is -2.48. The Morgan fingerprint density at radius 3 is 2.89 bits per heavy atom. The number of urea groups is 1. The maximum atomic E-state index is 12.1. The number of nitrogens with one attached hydrogen (secondary N) is 1. The van der Waals surface area contributed by atoms with E-state index in [1.54, 1.807) is 12.1 Å². The number of methoxy groups -OCH3 is 1. The Balaban J connectivity index is 2.19. The third-order valence-electron chi connectivity index (χ3n) is 3.06. The predicted octanol–water partition coefficient (Wildman–Crippen LogP) is 0.858. The number of carboxylic acids is 1. The molecule has 0 unspecified atom stereocenters. The molecule has 102 valence electrons. The highest BCUT2D eigenvalue weighted by Crippen LogP contribution is 2.31. The van der Waals surface area contributed by atoms with Crippen LogP contribution in [0.25, 0.3) is 0 Å². The van der Waals surface area contributed by atoms with Gasteiger partial charge in [0, 0.05) is 25.8 Å². The molecule has 19 heavy (non-hydrogen) atoms. The van der Waals surface area contributed by atoms with Crippen molar-refractivity contribution in [3.8, 4) is 0 Å². The number of carbonyl (C=O) groups excluding carboxylic acids is 1. The lowest BCUT2D eigenvalue weighted by atomic mass is 10.1. The Kier molecular flexibility index (Phi) is 4.01. The molecule has 0 fully saturated rings. The van der Waals surface area contributed by atoms with Gasteiger partial charge in [0.1, 0.15) is 6.04 Å². The van der Waals surface area contributed by atoms with Crippen LogP contribution in [0.5, 0.6) is 0 Å². The molecule has 2 N–H and O–H groups in total. The number of carboxylic acid groups (broad SMARTS) is 1. The molecule has 0 radical (unpaired) electrons. The van der Waals surface area contributed by atoms with Crippen LogP contribution in [0.1, 0.15) is 5.56 Å². The van der Waals surface area contributed by atoms with E-state index in [9.17, 15) is 14.7 Å². The van der Waals surface area contributed by atoms with E-state index in [2.05, 4.69) is 5.32 Å². The van der Waals surface area contributed by atoms with Crippen LogP contribution in [0.15, 0.2) is 24.3 Å². The first-order valence-corrected chi connectivity index (χ1v) is 6.02. The van der Waals surface area contributed by atoms with Crippen LogP contribution in [0.4, 0.5) is 10.5 Å². The first kappa shape index (κ1) is 13.4. The molecule has 0 aromatic heterocycles. The number of anilines is 1. The van der Waals surface area contributed by atoms with Crippen molar-refractivity contribution in [1.82, 2.24) is 5.32 Å². The summed E-state index contributed by atoms with van der Waals surface area (Å²) in [4.78, 5) is 24.7. The van der Waals surface area contributed by atoms with E-state index in [0.29, 0.717) is 25.3 Å². The second-order valence-electron chi connectivity index (χ2n) is 4.28. The summed E-state index contributed by atoms with van der Waals surface area (Å²) >= 11 is 0. The van der Waals surface area contributed by atoms with Crippen LogP contribution in [0, 0.1) is 0 Å². The number of hydrogen-bond acceptors (Lipinski definition) is 3. The standard InChI is InChI=1S/C13H16N2O4/c1-19-7-6-14-13(18)15-10-5-3-2-4-9(10)8-11(15)12(16)17/h2-5,11H,6-8H2,1H3,(H,14,18)(H,16,17)/t11-/m0/s1. The number of ether oxygens (including phenoxy) is 1. The number of amides is 2. The summed E-state index contributed by atoms with van der Waals surface area (Å²) in [6.07, 6.45) is 0.337. The summed E-state index contributed by atoms with van der Waals surface area (Å²) in [5.41, 5.74) is 1.53. The molecular weight excluding hydrogens is 248 g/mol. The molecule has 0 spiro atoms. The second kappa shape index (κ2) is 5.71. The fraction of sp³-hybridized carbons (Fsp3) is 0.385. The summed E-state index contributed by atoms with van der Waals surface area (Å²) in [6, 6.07) is 5.97. The second-order valence-corrected chi connectivity index (χ2v) is 4.28. The van der Waals surface area contributed by atoms with Gasteiger partial charge in [0.2, 0.25) is 0 Å². The minimum Gasteiger partial charge on any atom is -0.480 e. The monoisotopic (exact) mass is 264 g/mol. The zero-order valence-corrected chi connectivity index (χ0v) is 10.6. The first-order valence-electron chi connectivity index (χ1n) is 6.02. The molecule has 0 bridgehead atoms. The average molecular weight is 264 g/mol. The van der Waals surface area contributed by atoms with Crippen molar-refractivity contribution >= 4 is 17.7 Å². The lowest BCUT2D eigenvalue weighted by molar-refractivity contribution is -0.138. The number of carbonyl (C=O) groups is 2. The minimum absolute atomic E-state index is 0.337. The van der Waals surface area contributed by atoms with Crippen LogP contribution in [0.3, 0.4) is 0 Å².